The fourth-order valence-corrected chi connectivity index (χ4v) is 5.63. The maximum absolute atomic E-state index is 11.2. The van der Waals surface area contributed by atoms with E-state index in [4.69, 9.17) is 0 Å². The molecule has 12 heteroatoms. The van der Waals surface area contributed by atoms with Crippen molar-refractivity contribution in [3.8, 4) is 11.5 Å². The molecule has 0 atom stereocenters. The number of rotatable bonds is 8. The zero-order chi connectivity index (χ0) is 29.8. The van der Waals surface area contributed by atoms with Crippen LogP contribution in [0.15, 0.2) is 70.9 Å². The molecule has 0 aliphatic heterocycles. The van der Waals surface area contributed by atoms with Crippen LogP contribution in [0.1, 0.15) is 89.0 Å². The average Bonchev–Trinajstić information content (AvgIpc) is 3.65. The molecule has 12 nitrogen and oxygen atoms in total. The molecule has 0 unspecified atom stereocenters. The van der Waals surface area contributed by atoms with Gasteiger partial charge in [0, 0.05) is 17.0 Å². The molecule has 0 spiro atoms. The van der Waals surface area contributed by atoms with Crippen molar-refractivity contribution in [1.29, 1.82) is 0 Å². The summed E-state index contributed by atoms with van der Waals surface area (Å²) < 4.78 is 0. The average molecular weight is 577 g/mol. The van der Waals surface area contributed by atoms with E-state index < -0.39 is 5.92 Å². The lowest BCUT2D eigenvalue weighted by molar-refractivity contribution is 0.443. The van der Waals surface area contributed by atoms with Crippen LogP contribution in [0, 0.1) is 13.8 Å². The van der Waals surface area contributed by atoms with Crippen molar-refractivity contribution in [1.82, 2.24) is 40.6 Å². The molecule has 0 radical (unpaired) electrons. The second-order valence-electron chi connectivity index (χ2n) is 10.8. The van der Waals surface area contributed by atoms with E-state index in [1.54, 1.807) is 50.5 Å². The van der Waals surface area contributed by atoms with Crippen LogP contribution in [0.5, 0.6) is 11.5 Å². The minimum atomic E-state index is -0.491. The Hall–Kier alpha value is -5.26. The van der Waals surface area contributed by atoms with Crippen LogP contribution < -0.4 is 0 Å². The van der Waals surface area contributed by atoms with Gasteiger partial charge < -0.3 is 10.2 Å². The van der Waals surface area contributed by atoms with Crippen LogP contribution in [0.3, 0.4) is 0 Å². The molecule has 0 saturated heterocycles. The standard InChI is InChI=1S/C31H32N10O2/c1-20-34-36-38-40(20)32-18-22-11-13-29(42)27(15-22)31(26-10-6-9-25(17-26)24-7-4-3-5-8-24)28-16-23(12-14-30(28)43)19-33-41-21(2)35-37-39-41/h6,9-19,24,31,42-43H,3-5,7-8H2,1-2H3/b32-18+,33-19+. The van der Waals surface area contributed by atoms with Crippen LogP contribution in [0.4, 0.5) is 0 Å². The molecule has 2 heterocycles. The Labute approximate surface area is 248 Å². The summed E-state index contributed by atoms with van der Waals surface area (Å²) in [7, 11) is 0. The quantitative estimate of drug-likeness (QED) is 0.199. The first-order valence-corrected chi connectivity index (χ1v) is 14.3. The Morgan fingerprint density at radius 2 is 1.30 bits per heavy atom. The topological polar surface area (TPSA) is 152 Å². The molecule has 5 aromatic rings. The van der Waals surface area contributed by atoms with Gasteiger partial charge in [-0.1, -0.05) is 43.5 Å². The third kappa shape index (κ3) is 6.17. The molecule has 2 aromatic heterocycles. The Kier molecular flexibility index (Phi) is 7.98. The van der Waals surface area contributed by atoms with Gasteiger partial charge in [0.2, 0.25) is 0 Å². The zero-order valence-corrected chi connectivity index (χ0v) is 24.0. The predicted molar refractivity (Wildman–Crippen MR) is 161 cm³/mol. The first-order valence-electron chi connectivity index (χ1n) is 14.3. The number of phenolic OH excluding ortho intramolecular Hbond substituents is 2. The lowest BCUT2D eigenvalue weighted by Gasteiger charge is -2.25. The lowest BCUT2D eigenvalue weighted by Crippen LogP contribution is -2.09. The van der Waals surface area contributed by atoms with Crippen molar-refractivity contribution in [3.05, 3.63) is 106 Å². The van der Waals surface area contributed by atoms with Gasteiger partial charge in [-0.25, -0.2) is 0 Å². The first kappa shape index (κ1) is 27.9. The second kappa shape index (κ2) is 12.3. The number of nitrogens with zero attached hydrogens (tertiary/aromatic N) is 10. The van der Waals surface area contributed by atoms with Crippen LogP contribution in [0.25, 0.3) is 0 Å². The van der Waals surface area contributed by atoms with Gasteiger partial charge in [0.15, 0.2) is 11.6 Å². The Balaban J connectivity index is 1.46. The van der Waals surface area contributed by atoms with Crippen molar-refractivity contribution in [2.45, 2.75) is 57.8 Å². The van der Waals surface area contributed by atoms with Gasteiger partial charge >= 0.3 is 0 Å². The highest BCUT2D eigenvalue weighted by atomic mass is 16.3. The third-order valence-electron chi connectivity index (χ3n) is 7.89. The third-order valence-corrected chi connectivity index (χ3v) is 7.89. The van der Waals surface area contributed by atoms with Gasteiger partial charge in [0.1, 0.15) is 11.5 Å². The van der Waals surface area contributed by atoms with Crippen molar-refractivity contribution < 1.29 is 10.2 Å². The maximum atomic E-state index is 11.2. The van der Waals surface area contributed by atoms with E-state index in [0.717, 1.165) is 29.5 Å². The number of tetrazole rings is 2. The molecule has 43 heavy (non-hydrogen) atoms. The van der Waals surface area contributed by atoms with Gasteiger partial charge in [0.05, 0.1) is 12.4 Å². The number of aryl methyl sites for hydroxylation is 2. The van der Waals surface area contributed by atoms with E-state index in [2.05, 4.69) is 59.5 Å². The first-order chi connectivity index (χ1) is 21.0. The molecule has 218 valence electrons. The van der Waals surface area contributed by atoms with E-state index in [0.29, 0.717) is 28.7 Å². The molecule has 1 saturated carbocycles. The summed E-state index contributed by atoms with van der Waals surface area (Å²) in [6, 6.07) is 19.1. The highest BCUT2D eigenvalue weighted by Crippen LogP contribution is 2.42. The fraction of sp³-hybridized carbons (Fsp3) is 0.290. The normalized spacial score (nSPS) is 14.4. The molecule has 3 aromatic carbocycles. The molecule has 2 N–H and O–H groups in total. The molecule has 1 aliphatic carbocycles. The van der Waals surface area contributed by atoms with E-state index in [1.807, 2.05) is 18.2 Å². The summed E-state index contributed by atoms with van der Waals surface area (Å²) in [5.41, 5.74) is 4.97. The van der Waals surface area contributed by atoms with Crippen LogP contribution in [-0.2, 0) is 0 Å². The second-order valence-corrected chi connectivity index (χ2v) is 10.8. The summed E-state index contributed by atoms with van der Waals surface area (Å²) in [5, 5.41) is 53.9. The van der Waals surface area contributed by atoms with Gasteiger partial charge in [0.25, 0.3) is 0 Å². The van der Waals surface area contributed by atoms with Gasteiger partial charge in [-0.2, -0.15) is 10.2 Å². The molecule has 1 fully saturated rings. The Morgan fingerprint density at radius 3 is 1.81 bits per heavy atom. The number of benzene rings is 3. The largest absolute Gasteiger partial charge is 0.508 e. The minimum Gasteiger partial charge on any atom is -0.508 e. The zero-order valence-electron chi connectivity index (χ0n) is 24.0. The summed E-state index contributed by atoms with van der Waals surface area (Å²) in [5.74, 6) is 1.31. The van der Waals surface area contributed by atoms with Crippen LogP contribution >= 0.6 is 0 Å². The molecule has 1 aliphatic rings. The monoisotopic (exact) mass is 576 g/mol. The number of phenols is 2. The summed E-state index contributed by atoms with van der Waals surface area (Å²) in [4.78, 5) is 2.66. The SMILES string of the molecule is Cc1nnnn1/N=C/c1ccc(O)c(C(c2cccc(C3CCCCC3)c2)c2cc(/C=N/n3nnnc3C)ccc2O)c1. The van der Waals surface area contributed by atoms with Gasteiger partial charge in [-0.05, 0) is 112 Å². The van der Waals surface area contributed by atoms with E-state index in [1.165, 1.54) is 34.4 Å². The Morgan fingerprint density at radius 1 is 0.744 bits per heavy atom. The summed E-state index contributed by atoms with van der Waals surface area (Å²) >= 11 is 0. The smallest absolute Gasteiger partial charge is 0.173 e. The van der Waals surface area contributed by atoms with Gasteiger partial charge in [-0.15, -0.1) is 19.8 Å². The predicted octanol–water partition coefficient (Wildman–Crippen LogP) is 4.68. The molecular formula is C31H32N10O2. The fourth-order valence-electron chi connectivity index (χ4n) is 5.63. The van der Waals surface area contributed by atoms with E-state index in [9.17, 15) is 10.2 Å². The lowest BCUT2D eigenvalue weighted by atomic mass is 9.79. The number of aromatic hydroxyl groups is 2. The van der Waals surface area contributed by atoms with Crippen LogP contribution in [0.2, 0.25) is 0 Å². The minimum absolute atomic E-state index is 0.103. The highest BCUT2D eigenvalue weighted by Gasteiger charge is 2.25. The van der Waals surface area contributed by atoms with Crippen molar-refractivity contribution >= 4 is 12.4 Å². The summed E-state index contributed by atoms with van der Waals surface area (Å²) in [6.45, 7) is 3.52. The van der Waals surface area contributed by atoms with E-state index in [-0.39, 0.29) is 11.5 Å². The Bertz CT molecular complexity index is 1690. The maximum Gasteiger partial charge on any atom is 0.173 e. The number of hydrogen-bond acceptors (Lipinski definition) is 10. The number of aromatic nitrogens is 8. The molecular weight excluding hydrogens is 544 g/mol. The van der Waals surface area contributed by atoms with Crippen molar-refractivity contribution in [2.75, 3.05) is 0 Å². The van der Waals surface area contributed by atoms with Crippen LogP contribution in [-0.4, -0.2) is 63.3 Å². The molecule has 6 rings (SSSR count). The molecule has 0 bridgehead atoms. The highest BCUT2D eigenvalue weighted by molar-refractivity contribution is 5.82. The van der Waals surface area contributed by atoms with Crippen molar-refractivity contribution in [2.24, 2.45) is 10.2 Å². The van der Waals surface area contributed by atoms with Crippen molar-refractivity contribution in [3.63, 3.8) is 0 Å². The number of hydrogen-bond donors (Lipinski definition) is 2. The summed E-state index contributed by atoms with van der Waals surface area (Å²) in [6.07, 6.45) is 9.33. The van der Waals surface area contributed by atoms with Gasteiger partial charge in [-0.3, -0.25) is 0 Å². The molecule has 0 amide bonds. The van der Waals surface area contributed by atoms with E-state index >= 15 is 0 Å².